The van der Waals surface area contributed by atoms with E-state index in [0.29, 0.717) is 33.3 Å². The number of nitrogens with two attached hydrogens (primary N) is 1. The number of halogens is 3. The molecule has 0 fully saturated rings. The van der Waals surface area contributed by atoms with E-state index in [9.17, 15) is 18.0 Å². The highest BCUT2D eigenvalue weighted by molar-refractivity contribution is 5.95. The number of hydrogen-bond donors (Lipinski definition) is 2. The molecule has 0 saturated carbocycles. The number of H-pyrrole nitrogens is 1. The molecule has 0 aliphatic rings. The predicted octanol–water partition coefficient (Wildman–Crippen LogP) is 3.94. The van der Waals surface area contributed by atoms with E-state index in [0.717, 1.165) is 0 Å². The van der Waals surface area contributed by atoms with Crippen molar-refractivity contribution in [3.63, 3.8) is 0 Å². The van der Waals surface area contributed by atoms with Crippen LogP contribution in [-0.2, 0) is 4.79 Å². The largest absolute Gasteiger partial charge is 0.573 e. The van der Waals surface area contributed by atoms with Crippen LogP contribution in [0.2, 0.25) is 0 Å². The lowest BCUT2D eigenvalue weighted by molar-refractivity contribution is -0.274. The van der Waals surface area contributed by atoms with Crippen LogP contribution >= 0.6 is 0 Å². The van der Waals surface area contributed by atoms with Gasteiger partial charge in [0.2, 0.25) is 5.91 Å². The summed E-state index contributed by atoms with van der Waals surface area (Å²) in [6.45, 7) is 1.68. The fraction of sp³-hybridized carbons (Fsp3) is 0.111. The van der Waals surface area contributed by atoms with Gasteiger partial charge in [0.05, 0.1) is 0 Å². The fourth-order valence-corrected chi connectivity index (χ4v) is 2.60. The number of alkyl halides is 3. The maximum Gasteiger partial charge on any atom is 0.573 e. The Kier molecular flexibility index (Phi) is 4.41. The summed E-state index contributed by atoms with van der Waals surface area (Å²) < 4.78 is 41.5. The standard InChI is InChI=1S/C18H14F3N3O2/c1-10-4-12(6-14(5-10)26-18(19,20)21)13-7-15-11(2-3-16(22)25)8-23-17(15)24-9-13/h2-9H,1H3,(H2,22,25)(H,23,24)/b3-2+. The molecule has 0 unspecified atom stereocenters. The number of carbonyl (C=O) groups is 1. The molecule has 0 saturated heterocycles. The number of fused-ring (bicyclic) bond motifs is 1. The second-order valence-electron chi connectivity index (χ2n) is 5.68. The Bertz CT molecular complexity index is 1010. The predicted molar refractivity (Wildman–Crippen MR) is 91.2 cm³/mol. The minimum absolute atomic E-state index is 0.296. The van der Waals surface area contributed by atoms with Gasteiger partial charge in [-0.3, -0.25) is 4.79 Å². The van der Waals surface area contributed by atoms with Gasteiger partial charge in [0.15, 0.2) is 0 Å². The Morgan fingerprint density at radius 3 is 2.69 bits per heavy atom. The maximum atomic E-state index is 12.5. The normalized spacial score (nSPS) is 12.0. The molecule has 1 amide bonds. The van der Waals surface area contributed by atoms with Crippen LogP contribution in [0.1, 0.15) is 11.1 Å². The van der Waals surface area contributed by atoms with Gasteiger partial charge >= 0.3 is 6.36 Å². The smallest absolute Gasteiger partial charge is 0.406 e. The highest BCUT2D eigenvalue weighted by Gasteiger charge is 2.31. The minimum atomic E-state index is -4.76. The molecule has 0 aliphatic heterocycles. The summed E-state index contributed by atoms with van der Waals surface area (Å²) in [6.07, 6.45) is 1.21. The van der Waals surface area contributed by atoms with Crippen molar-refractivity contribution in [1.82, 2.24) is 9.97 Å². The van der Waals surface area contributed by atoms with Crippen LogP contribution < -0.4 is 10.5 Å². The molecule has 5 nitrogen and oxygen atoms in total. The molecule has 2 heterocycles. The molecule has 3 aromatic rings. The van der Waals surface area contributed by atoms with Gasteiger partial charge < -0.3 is 15.5 Å². The van der Waals surface area contributed by atoms with Crippen molar-refractivity contribution in [3.05, 3.63) is 53.9 Å². The molecule has 3 N–H and O–H groups in total. The fourth-order valence-electron chi connectivity index (χ4n) is 2.60. The van der Waals surface area contributed by atoms with E-state index in [2.05, 4.69) is 14.7 Å². The quantitative estimate of drug-likeness (QED) is 0.691. The third-order valence-electron chi connectivity index (χ3n) is 3.61. The zero-order valence-electron chi connectivity index (χ0n) is 13.6. The Balaban J connectivity index is 2.05. The number of primary amides is 1. The number of nitrogens with zero attached hydrogens (tertiary/aromatic N) is 1. The number of aromatic nitrogens is 2. The highest BCUT2D eigenvalue weighted by Crippen LogP contribution is 2.31. The number of aryl methyl sites for hydroxylation is 1. The summed E-state index contributed by atoms with van der Waals surface area (Å²) >= 11 is 0. The number of nitrogens with one attached hydrogen (secondary N) is 1. The molecule has 26 heavy (non-hydrogen) atoms. The Morgan fingerprint density at radius 2 is 2.00 bits per heavy atom. The molecule has 0 aliphatic carbocycles. The molecular weight excluding hydrogens is 347 g/mol. The molecular formula is C18H14F3N3O2. The van der Waals surface area contributed by atoms with E-state index in [1.807, 2.05) is 0 Å². The topological polar surface area (TPSA) is 81.0 Å². The van der Waals surface area contributed by atoms with Crippen LogP contribution in [0, 0.1) is 6.92 Å². The zero-order valence-corrected chi connectivity index (χ0v) is 13.6. The monoisotopic (exact) mass is 361 g/mol. The van der Waals surface area contributed by atoms with Gasteiger partial charge in [-0.05, 0) is 42.3 Å². The van der Waals surface area contributed by atoms with Gasteiger partial charge in [-0.25, -0.2) is 4.98 Å². The first kappa shape index (κ1) is 17.5. The average Bonchev–Trinajstić information content (AvgIpc) is 2.92. The molecule has 2 aromatic heterocycles. The number of amides is 1. The van der Waals surface area contributed by atoms with Crippen molar-refractivity contribution in [2.75, 3.05) is 0 Å². The van der Waals surface area contributed by atoms with Gasteiger partial charge in [0.25, 0.3) is 0 Å². The number of ether oxygens (including phenoxy) is 1. The molecule has 0 atom stereocenters. The summed E-state index contributed by atoms with van der Waals surface area (Å²) in [7, 11) is 0. The van der Waals surface area contributed by atoms with E-state index in [1.165, 1.54) is 18.2 Å². The van der Waals surface area contributed by atoms with Gasteiger partial charge in [-0.2, -0.15) is 0 Å². The number of carbonyl (C=O) groups excluding carboxylic acids is 1. The van der Waals surface area contributed by atoms with Crippen LogP contribution in [0.3, 0.4) is 0 Å². The first-order valence-corrected chi connectivity index (χ1v) is 7.54. The summed E-state index contributed by atoms with van der Waals surface area (Å²) in [5.74, 6) is -0.883. The summed E-state index contributed by atoms with van der Waals surface area (Å²) in [5, 5.41) is 0.708. The van der Waals surface area contributed by atoms with Crippen molar-refractivity contribution in [2.24, 2.45) is 5.73 Å². The molecule has 134 valence electrons. The SMILES string of the molecule is Cc1cc(OC(F)(F)F)cc(-c2cnc3[nH]cc(/C=C/C(N)=O)c3c2)c1. The maximum absolute atomic E-state index is 12.5. The second-order valence-corrected chi connectivity index (χ2v) is 5.68. The molecule has 8 heteroatoms. The minimum Gasteiger partial charge on any atom is -0.406 e. The van der Waals surface area contributed by atoms with E-state index >= 15 is 0 Å². The van der Waals surface area contributed by atoms with E-state index in [4.69, 9.17) is 5.73 Å². The van der Waals surface area contributed by atoms with Crippen LogP contribution in [0.5, 0.6) is 5.75 Å². The summed E-state index contributed by atoms with van der Waals surface area (Å²) in [6, 6.07) is 6.11. The van der Waals surface area contributed by atoms with Crippen LogP contribution in [-0.4, -0.2) is 22.2 Å². The van der Waals surface area contributed by atoms with Crippen LogP contribution in [0.4, 0.5) is 13.2 Å². The van der Waals surface area contributed by atoms with E-state index in [-0.39, 0.29) is 5.75 Å². The number of rotatable bonds is 4. The van der Waals surface area contributed by atoms with Crippen molar-refractivity contribution in [2.45, 2.75) is 13.3 Å². The first-order chi connectivity index (χ1) is 12.2. The highest BCUT2D eigenvalue weighted by atomic mass is 19.4. The third kappa shape index (κ3) is 4.02. The number of aromatic amines is 1. The lowest BCUT2D eigenvalue weighted by Gasteiger charge is -2.11. The van der Waals surface area contributed by atoms with Crippen LogP contribution in [0.15, 0.2) is 42.7 Å². The third-order valence-corrected chi connectivity index (χ3v) is 3.61. The van der Waals surface area contributed by atoms with Crippen molar-refractivity contribution < 1.29 is 22.7 Å². The zero-order chi connectivity index (χ0) is 18.9. The number of benzene rings is 1. The Morgan fingerprint density at radius 1 is 1.23 bits per heavy atom. The molecule has 0 bridgehead atoms. The summed E-state index contributed by atoms with van der Waals surface area (Å²) in [5.41, 5.74) is 8.13. The van der Waals surface area contributed by atoms with E-state index in [1.54, 1.807) is 37.5 Å². The van der Waals surface area contributed by atoms with Crippen molar-refractivity contribution >= 4 is 23.0 Å². The average molecular weight is 361 g/mol. The van der Waals surface area contributed by atoms with Crippen molar-refractivity contribution in [3.8, 4) is 16.9 Å². The summed E-state index contributed by atoms with van der Waals surface area (Å²) in [4.78, 5) is 18.1. The van der Waals surface area contributed by atoms with E-state index < -0.39 is 12.3 Å². The molecule has 0 spiro atoms. The number of pyridine rings is 1. The Hall–Kier alpha value is -3.29. The molecule has 3 rings (SSSR count). The molecule has 0 radical (unpaired) electrons. The van der Waals surface area contributed by atoms with Gasteiger partial charge in [0.1, 0.15) is 11.4 Å². The van der Waals surface area contributed by atoms with Gasteiger partial charge in [-0.1, -0.05) is 6.07 Å². The lowest BCUT2D eigenvalue weighted by atomic mass is 10.0. The number of hydrogen-bond acceptors (Lipinski definition) is 3. The first-order valence-electron chi connectivity index (χ1n) is 7.54. The van der Waals surface area contributed by atoms with Gasteiger partial charge in [-0.15, -0.1) is 13.2 Å². The van der Waals surface area contributed by atoms with Crippen LogP contribution in [0.25, 0.3) is 28.2 Å². The lowest BCUT2D eigenvalue weighted by Crippen LogP contribution is -2.17. The Labute approximate surface area is 146 Å². The van der Waals surface area contributed by atoms with Crippen molar-refractivity contribution in [1.29, 1.82) is 0 Å². The molecule has 1 aromatic carbocycles. The van der Waals surface area contributed by atoms with Gasteiger partial charge in [0, 0.05) is 35.0 Å². The second kappa shape index (κ2) is 6.55.